The minimum Gasteiger partial charge on any atom is -0.508 e. The van der Waals surface area contributed by atoms with Crippen molar-refractivity contribution in [1.29, 1.82) is 0 Å². The molecule has 0 fully saturated rings. The van der Waals surface area contributed by atoms with E-state index in [1.807, 2.05) is 6.92 Å². The highest BCUT2D eigenvalue weighted by Crippen LogP contribution is 2.30. The van der Waals surface area contributed by atoms with Crippen LogP contribution in [0.5, 0.6) is 5.75 Å². The highest BCUT2D eigenvalue weighted by molar-refractivity contribution is 6.33. The quantitative estimate of drug-likeness (QED) is 0.770. The number of rotatable bonds is 2. The molecule has 2 aromatic carbocycles. The fourth-order valence-corrected chi connectivity index (χ4v) is 2.25. The van der Waals surface area contributed by atoms with Crippen molar-refractivity contribution in [3.8, 4) is 28.6 Å². The molecule has 0 saturated heterocycles. The number of phenolic OH excluding ortho intramolecular Hbond substituents is 1. The summed E-state index contributed by atoms with van der Waals surface area (Å²) < 4.78 is 18.3. The Labute approximate surface area is 124 Å². The van der Waals surface area contributed by atoms with Crippen LogP contribution in [-0.2, 0) is 0 Å². The molecule has 0 bridgehead atoms. The highest BCUT2D eigenvalue weighted by atomic mass is 35.5. The average Bonchev–Trinajstić information content (AvgIpc) is 2.87. The molecule has 0 atom stereocenters. The minimum absolute atomic E-state index is 0.164. The van der Waals surface area contributed by atoms with E-state index < -0.39 is 5.82 Å². The Hall–Kier alpha value is -2.40. The Balaban J connectivity index is 2.03. The van der Waals surface area contributed by atoms with E-state index in [1.54, 1.807) is 12.1 Å². The summed E-state index contributed by atoms with van der Waals surface area (Å²) in [5.74, 6) is 0.324. The predicted octanol–water partition coefficient (Wildman–Crippen LogP) is 4.21. The molecule has 106 valence electrons. The fourth-order valence-electron chi connectivity index (χ4n) is 2.00. The zero-order valence-corrected chi connectivity index (χ0v) is 11.7. The van der Waals surface area contributed by atoms with Crippen LogP contribution in [0.3, 0.4) is 0 Å². The number of hydrogen-bond donors (Lipinski definition) is 1. The highest BCUT2D eigenvalue weighted by Gasteiger charge is 2.15. The first-order valence-corrected chi connectivity index (χ1v) is 6.51. The van der Waals surface area contributed by atoms with Gasteiger partial charge in [0.1, 0.15) is 11.6 Å². The minimum atomic E-state index is -0.429. The summed E-state index contributed by atoms with van der Waals surface area (Å²) in [5, 5.41) is 13.5. The molecule has 0 unspecified atom stereocenters. The average molecular weight is 305 g/mol. The Morgan fingerprint density at radius 1 is 1.14 bits per heavy atom. The summed E-state index contributed by atoms with van der Waals surface area (Å²) in [6.45, 7) is 1.82. The summed E-state index contributed by atoms with van der Waals surface area (Å²) in [5.41, 5.74) is 2.00. The molecule has 3 aromatic rings. The van der Waals surface area contributed by atoms with Gasteiger partial charge in [0.2, 0.25) is 5.82 Å². The Morgan fingerprint density at radius 3 is 2.62 bits per heavy atom. The Morgan fingerprint density at radius 2 is 1.90 bits per heavy atom. The first-order chi connectivity index (χ1) is 10.0. The van der Waals surface area contributed by atoms with Gasteiger partial charge in [-0.2, -0.15) is 4.98 Å². The van der Waals surface area contributed by atoms with Gasteiger partial charge < -0.3 is 9.63 Å². The SMILES string of the molecule is Cc1cc(O)ccc1-c1nc(-c2ccc(F)cc2Cl)no1. The van der Waals surface area contributed by atoms with E-state index in [4.69, 9.17) is 16.1 Å². The standard InChI is InChI=1S/C15H10ClFN2O2/c1-8-6-10(20)3-5-11(8)15-18-14(19-21-15)12-4-2-9(17)7-13(12)16/h2-7,20H,1H3. The lowest BCUT2D eigenvalue weighted by Gasteiger charge is -2.00. The van der Waals surface area contributed by atoms with Crippen molar-refractivity contribution in [2.75, 3.05) is 0 Å². The van der Waals surface area contributed by atoms with Crippen LogP contribution in [0.4, 0.5) is 4.39 Å². The molecule has 0 aliphatic rings. The molecular formula is C15H10ClFN2O2. The van der Waals surface area contributed by atoms with Crippen LogP contribution < -0.4 is 0 Å². The van der Waals surface area contributed by atoms with Gasteiger partial charge in [-0.25, -0.2) is 4.39 Å². The van der Waals surface area contributed by atoms with Gasteiger partial charge in [-0.15, -0.1) is 0 Å². The maximum absolute atomic E-state index is 13.1. The molecular weight excluding hydrogens is 295 g/mol. The topological polar surface area (TPSA) is 59.2 Å². The van der Waals surface area contributed by atoms with Crippen LogP contribution in [0.2, 0.25) is 5.02 Å². The van der Waals surface area contributed by atoms with Crippen molar-refractivity contribution in [2.24, 2.45) is 0 Å². The molecule has 0 amide bonds. The Kier molecular flexibility index (Phi) is 3.35. The summed E-state index contributed by atoms with van der Waals surface area (Å²) in [4.78, 5) is 4.27. The molecule has 0 aliphatic carbocycles. The van der Waals surface area contributed by atoms with E-state index in [-0.39, 0.29) is 16.6 Å². The van der Waals surface area contributed by atoms with Crippen molar-refractivity contribution in [1.82, 2.24) is 10.1 Å². The maximum atomic E-state index is 13.1. The molecule has 0 radical (unpaired) electrons. The van der Waals surface area contributed by atoms with Crippen molar-refractivity contribution in [3.63, 3.8) is 0 Å². The zero-order valence-electron chi connectivity index (χ0n) is 11.0. The number of aryl methyl sites for hydroxylation is 1. The number of aromatic nitrogens is 2. The first kappa shape index (κ1) is 13.6. The van der Waals surface area contributed by atoms with Gasteiger partial charge in [0.25, 0.3) is 5.89 Å². The lowest BCUT2D eigenvalue weighted by molar-refractivity contribution is 0.432. The van der Waals surface area contributed by atoms with Crippen molar-refractivity contribution in [3.05, 3.63) is 52.8 Å². The van der Waals surface area contributed by atoms with E-state index in [9.17, 15) is 9.50 Å². The van der Waals surface area contributed by atoms with Crippen LogP contribution >= 0.6 is 11.6 Å². The normalized spacial score (nSPS) is 10.8. The molecule has 21 heavy (non-hydrogen) atoms. The zero-order chi connectivity index (χ0) is 15.0. The van der Waals surface area contributed by atoms with E-state index in [0.29, 0.717) is 17.0 Å². The van der Waals surface area contributed by atoms with Gasteiger partial charge in [0.15, 0.2) is 0 Å². The van der Waals surface area contributed by atoms with E-state index in [2.05, 4.69) is 10.1 Å². The van der Waals surface area contributed by atoms with Gasteiger partial charge in [0, 0.05) is 11.1 Å². The van der Waals surface area contributed by atoms with Crippen LogP contribution in [0.25, 0.3) is 22.8 Å². The molecule has 0 saturated carbocycles. The van der Waals surface area contributed by atoms with Crippen LogP contribution in [0.1, 0.15) is 5.56 Å². The van der Waals surface area contributed by atoms with Gasteiger partial charge in [-0.3, -0.25) is 0 Å². The second-order valence-electron chi connectivity index (χ2n) is 4.55. The largest absolute Gasteiger partial charge is 0.508 e. The van der Waals surface area contributed by atoms with Crippen molar-refractivity contribution >= 4 is 11.6 Å². The van der Waals surface area contributed by atoms with Crippen LogP contribution in [0.15, 0.2) is 40.9 Å². The monoisotopic (exact) mass is 304 g/mol. The molecule has 0 spiro atoms. The van der Waals surface area contributed by atoms with E-state index >= 15 is 0 Å². The summed E-state index contributed by atoms with van der Waals surface area (Å²) in [6, 6.07) is 8.80. The lowest BCUT2D eigenvalue weighted by atomic mass is 10.1. The van der Waals surface area contributed by atoms with Gasteiger partial charge in [0.05, 0.1) is 5.02 Å². The molecule has 1 aromatic heterocycles. The van der Waals surface area contributed by atoms with E-state index in [1.165, 1.54) is 24.3 Å². The number of aromatic hydroxyl groups is 1. The fraction of sp³-hybridized carbons (Fsp3) is 0.0667. The van der Waals surface area contributed by atoms with Gasteiger partial charge in [-0.1, -0.05) is 16.8 Å². The van der Waals surface area contributed by atoms with Crippen LogP contribution in [-0.4, -0.2) is 15.2 Å². The molecule has 4 nitrogen and oxygen atoms in total. The second kappa shape index (κ2) is 5.18. The second-order valence-corrected chi connectivity index (χ2v) is 4.95. The van der Waals surface area contributed by atoms with Crippen molar-refractivity contribution < 1.29 is 14.0 Å². The number of halogens is 2. The number of nitrogens with zero attached hydrogens (tertiary/aromatic N) is 2. The molecule has 1 N–H and O–H groups in total. The third-order valence-corrected chi connectivity index (χ3v) is 3.35. The molecule has 1 heterocycles. The molecule has 3 rings (SSSR count). The number of phenols is 1. The smallest absolute Gasteiger partial charge is 0.258 e. The van der Waals surface area contributed by atoms with Crippen LogP contribution in [0, 0.1) is 12.7 Å². The van der Waals surface area contributed by atoms with Gasteiger partial charge in [-0.05, 0) is 48.9 Å². The molecule has 0 aliphatic heterocycles. The summed E-state index contributed by atoms with van der Waals surface area (Å²) in [7, 11) is 0. The predicted molar refractivity (Wildman–Crippen MR) is 76.5 cm³/mol. The number of hydrogen-bond acceptors (Lipinski definition) is 4. The summed E-state index contributed by atoms with van der Waals surface area (Å²) in [6.07, 6.45) is 0. The third kappa shape index (κ3) is 2.60. The Bertz CT molecular complexity index is 751. The molecule has 6 heteroatoms. The lowest BCUT2D eigenvalue weighted by Crippen LogP contribution is -1.85. The van der Waals surface area contributed by atoms with Crippen molar-refractivity contribution in [2.45, 2.75) is 6.92 Å². The third-order valence-electron chi connectivity index (χ3n) is 3.04. The van der Waals surface area contributed by atoms with Gasteiger partial charge >= 0.3 is 0 Å². The summed E-state index contributed by atoms with van der Waals surface area (Å²) >= 11 is 5.98. The van der Waals surface area contributed by atoms with E-state index in [0.717, 1.165) is 5.56 Å². The maximum Gasteiger partial charge on any atom is 0.258 e. The first-order valence-electron chi connectivity index (χ1n) is 6.14. The number of benzene rings is 2.